The Labute approximate surface area is 176 Å². The van der Waals surface area contributed by atoms with E-state index in [1.54, 1.807) is 18.2 Å². The van der Waals surface area contributed by atoms with Crippen LogP contribution in [-0.2, 0) is 15.7 Å². The minimum Gasteiger partial charge on any atom is -0.480 e. The molecule has 0 radical (unpaired) electrons. The van der Waals surface area contributed by atoms with E-state index in [0.29, 0.717) is 16.7 Å². The lowest BCUT2D eigenvalue weighted by Gasteiger charge is -2.15. The van der Waals surface area contributed by atoms with Gasteiger partial charge in [0.25, 0.3) is 0 Å². The summed E-state index contributed by atoms with van der Waals surface area (Å²) in [5, 5.41) is 11.0. The van der Waals surface area contributed by atoms with Crippen LogP contribution in [0, 0.1) is 0 Å². The summed E-state index contributed by atoms with van der Waals surface area (Å²) >= 11 is 15.2. The molecule has 0 saturated heterocycles. The molecule has 2 N–H and O–H groups in total. The Morgan fingerprint density at radius 2 is 1.82 bits per heavy atom. The first-order valence-corrected chi connectivity index (χ1v) is 9.20. The molecule has 2 rings (SSSR count). The summed E-state index contributed by atoms with van der Waals surface area (Å²) in [6.07, 6.45) is -4.58. The van der Waals surface area contributed by atoms with Crippen molar-refractivity contribution in [2.45, 2.75) is 6.18 Å². The Morgan fingerprint density at radius 3 is 2.39 bits per heavy atom. The zero-order chi connectivity index (χ0) is 20.9. The SMILES string of the molecule is O=C(O)COCCNc1cc(Oc2c(Cl)cc(C(F)(F)F)cc2Cl)ccc1Br. The van der Waals surface area contributed by atoms with Crippen molar-refractivity contribution in [3.05, 3.63) is 50.4 Å². The van der Waals surface area contributed by atoms with Gasteiger partial charge < -0.3 is 19.9 Å². The lowest BCUT2D eigenvalue weighted by Crippen LogP contribution is -2.14. The van der Waals surface area contributed by atoms with Crippen molar-refractivity contribution >= 4 is 50.8 Å². The average molecular weight is 503 g/mol. The van der Waals surface area contributed by atoms with Gasteiger partial charge in [0.1, 0.15) is 12.4 Å². The van der Waals surface area contributed by atoms with Crippen molar-refractivity contribution in [1.29, 1.82) is 0 Å². The molecular weight excluding hydrogens is 490 g/mol. The largest absolute Gasteiger partial charge is 0.480 e. The molecular formula is C17H13BrCl2F3NO4. The highest BCUT2D eigenvalue weighted by atomic mass is 79.9. The van der Waals surface area contributed by atoms with Gasteiger partial charge in [0.05, 0.1) is 27.9 Å². The summed E-state index contributed by atoms with van der Waals surface area (Å²) in [4.78, 5) is 10.4. The van der Waals surface area contributed by atoms with Crippen molar-refractivity contribution in [3.63, 3.8) is 0 Å². The fourth-order valence-electron chi connectivity index (χ4n) is 2.06. The maximum absolute atomic E-state index is 12.8. The summed E-state index contributed by atoms with van der Waals surface area (Å²) in [5.41, 5.74) is -0.384. The highest BCUT2D eigenvalue weighted by Gasteiger charge is 2.32. The quantitative estimate of drug-likeness (QED) is 0.428. The summed E-state index contributed by atoms with van der Waals surface area (Å²) in [7, 11) is 0. The van der Waals surface area contributed by atoms with Crippen molar-refractivity contribution < 1.29 is 32.5 Å². The van der Waals surface area contributed by atoms with Gasteiger partial charge in [0.2, 0.25) is 0 Å². The predicted octanol–water partition coefficient (Wildman–Crippen LogP) is 6.08. The fourth-order valence-corrected chi connectivity index (χ4v) is 3.01. The maximum Gasteiger partial charge on any atom is 0.416 e. The van der Waals surface area contributed by atoms with E-state index < -0.39 is 24.3 Å². The van der Waals surface area contributed by atoms with Gasteiger partial charge in [-0.3, -0.25) is 0 Å². The molecule has 0 heterocycles. The molecule has 0 fully saturated rings. The number of hydrogen-bond donors (Lipinski definition) is 2. The number of alkyl halides is 3. The molecule has 0 unspecified atom stereocenters. The molecule has 2 aromatic rings. The number of rotatable bonds is 8. The Bertz CT molecular complexity index is 842. The van der Waals surface area contributed by atoms with Crippen LogP contribution in [0.3, 0.4) is 0 Å². The van der Waals surface area contributed by atoms with Gasteiger partial charge in [-0.25, -0.2) is 4.79 Å². The molecule has 0 atom stereocenters. The van der Waals surface area contributed by atoms with E-state index in [1.807, 2.05) is 0 Å². The van der Waals surface area contributed by atoms with Crippen LogP contribution >= 0.6 is 39.1 Å². The number of carboxylic acids is 1. The Kier molecular flexibility index (Phi) is 7.82. The normalized spacial score (nSPS) is 11.4. The third-order valence-corrected chi connectivity index (χ3v) is 4.52. The molecule has 0 saturated carbocycles. The van der Waals surface area contributed by atoms with E-state index in [2.05, 4.69) is 21.2 Å². The van der Waals surface area contributed by atoms with Crippen LogP contribution in [-0.4, -0.2) is 30.8 Å². The van der Waals surface area contributed by atoms with Gasteiger partial charge in [-0.15, -0.1) is 0 Å². The predicted molar refractivity (Wildman–Crippen MR) is 103 cm³/mol. The second-order valence-corrected chi connectivity index (χ2v) is 7.05. The summed E-state index contributed by atoms with van der Waals surface area (Å²) < 4.78 is 49.6. The zero-order valence-electron chi connectivity index (χ0n) is 13.9. The topological polar surface area (TPSA) is 67.8 Å². The first kappa shape index (κ1) is 22.6. The Hall–Kier alpha value is -1.68. The van der Waals surface area contributed by atoms with Crippen LogP contribution in [0.5, 0.6) is 11.5 Å². The molecule has 11 heteroatoms. The monoisotopic (exact) mass is 501 g/mol. The van der Waals surface area contributed by atoms with Gasteiger partial charge in [0, 0.05) is 17.1 Å². The standard InChI is InChI=1S/C17H13BrCl2F3NO4/c18-11-2-1-10(7-14(11)24-3-4-27-8-15(25)26)28-16-12(19)5-9(6-13(16)20)17(21,22)23/h1-2,5-7,24H,3-4,8H2,(H,25,26). The molecule has 5 nitrogen and oxygen atoms in total. The molecule has 0 amide bonds. The third-order valence-electron chi connectivity index (χ3n) is 3.27. The second-order valence-electron chi connectivity index (χ2n) is 5.38. The van der Waals surface area contributed by atoms with E-state index in [9.17, 15) is 18.0 Å². The summed E-state index contributed by atoms with van der Waals surface area (Å²) in [5.74, 6) is -0.892. The minimum atomic E-state index is -4.58. The molecule has 2 aromatic carbocycles. The molecule has 0 aliphatic rings. The second kappa shape index (κ2) is 9.69. The highest BCUT2D eigenvalue weighted by molar-refractivity contribution is 9.10. The zero-order valence-corrected chi connectivity index (χ0v) is 17.0. The van der Waals surface area contributed by atoms with Crippen LogP contribution in [0.25, 0.3) is 0 Å². The van der Waals surface area contributed by atoms with E-state index in [4.69, 9.17) is 37.8 Å². The minimum absolute atomic E-state index is 0.102. The van der Waals surface area contributed by atoms with Crippen LogP contribution in [0.1, 0.15) is 5.56 Å². The number of anilines is 1. The van der Waals surface area contributed by atoms with Gasteiger partial charge in [0.15, 0.2) is 5.75 Å². The molecule has 0 aliphatic carbocycles. The Balaban J connectivity index is 2.11. The van der Waals surface area contributed by atoms with E-state index >= 15 is 0 Å². The fraction of sp³-hybridized carbons (Fsp3) is 0.235. The van der Waals surface area contributed by atoms with Crippen molar-refractivity contribution in [2.24, 2.45) is 0 Å². The number of hydrogen-bond acceptors (Lipinski definition) is 4. The maximum atomic E-state index is 12.8. The third kappa shape index (κ3) is 6.44. The van der Waals surface area contributed by atoms with Crippen LogP contribution < -0.4 is 10.1 Å². The molecule has 0 aromatic heterocycles. The Morgan fingerprint density at radius 1 is 1.18 bits per heavy atom. The number of benzene rings is 2. The van der Waals surface area contributed by atoms with E-state index in [0.717, 1.165) is 12.1 Å². The summed E-state index contributed by atoms with van der Waals surface area (Å²) in [6.45, 7) is 0.0639. The molecule has 152 valence electrons. The van der Waals surface area contributed by atoms with Gasteiger partial charge >= 0.3 is 12.1 Å². The smallest absolute Gasteiger partial charge is 0.416 e. The van der Waals surface area contributed by atoms with Crippen LogP contribution in [0.2, 0.25) is 10.0 Å². The van der Waals surface area contributed by atoms with Gasteiger partial charge in [-0.05, 0) is 40.2 Å². The number of carbonyl (C=O) groups is 1. The first-order valence-electron chi connectivity index (χ1n) is 7.65. The van der Waals surface area contributed by atoms with Gasteiger partial charge in [-0.1, -0.05) is 23.2 Å². The molecule has 0 aliphatic heterocycles. The molecule has 28 heavy (non-hydrogen) atoms. The van der Waals surface area contributed by atoms with Crippen molar-refractivity contribution in [1.82, 2.24) is 0 Å². The lowest BCUT2D eigenvalue weighted by molar-refractivity contribution is -0.142. The van der Waals surface area contributed by atoms with Crippen molar-refractivity contribution in [2.75, 3.05) is 25.1 Å². The van der Waals surface area contributed by atoms with E-state index in [-0.39, 0.29) is 28.2 Å². The molecule has 0 bridgehead atoms. The van der Waals surface area contributed by atoms with Crippen LogP contribution in [0.4, 0.5) is 18.9 Å². The lowest BCUT2D eigenvalue weighted by atomic mass is 10.2. The van der Waals surface area contributed by atoms with Crippen LogP contribution in [0.15, 0.2) is 34.8 Å². The summed E-state index contributed by atoms with van der Waals surface area (Å²) in [6, 6.07) is 6.27. The number of aliphatic carboxylic acids is 1. The first-order chi connectivity index (χ1) is 13.1. The number of carboxylic acid groups (broad SMARTS) is 1. The van der Waals surface area contributed by atoms with Crippen molar-refractivity contribution in [3.8, 4) is 11.5 Å². The number of nitrogens with one attached hydrogen (secondary N) is 1. The molecule has 0 spiro atoms. The number of halogens is 6. The number of ether oxygens (including phenoxy) is 2. The average Bonchev–Trinajstić information content (AvgIpc) is 2.58. The van der Waals surface area contributed by atoms with E-state index in [1.165, 1.54) is 0 Å². The van der Waals surface area contributed by atoms with Gasteiger partial charge in [-0.2, -0.15) is 13.2 Å². The highest BCUT2D eigenvalue weighted by Crippen LogP contribution is 2.42.